The number of aromatic amines is 2. The summed E-state index contributed by atoms with van der Waals surface area (Å²) in [6, 6.07) is 13.2. The third-order valence-corrected chi connectivity index (χ3v) is 14.1. The number of likely N-dealkylation sites (N-methyl/N-ethyl adjacent to an activating group) is 1. The normalized spacial score (nSPS) is 33.2. The Balaban J connectivity index is 1.27. The fraction of sp³-hybridized carbons (Fsp3) is 0.535. The topological polar surface area (TPSA) is 99.9 Å². The Morgan fingerprint density at radius 1 is 1.02 bits per heavy atom. The van der Waals surface area contributed by atoms with Gasteiger partial charge in [-0.25, -0.2) is 0 Å². The Hall–Kier alpha value is -4.08. The number of benzene rings is 2. The van der Waals surface area contributed by atoms with Crippen molar-refractivity contribution in [2.45, 2.75) is 75.8 Å². The first-order chi connectivity index (χ1) is 25.3. The third kappa shape index (κ3) is 4.67. The molecule has 6 heterocycles. The number of nitrogens with one attached hydrogen (secondary N) is 2. The van der Waals surface area contributed by atoms with Gasteiger partial charge in [0, 0.05) is 76.4 Å². The lowest BCUT2D eigenvalue weighted by Crippen LogP contribution is -2.67. The van der Waals surface area contributed by atoms with E-state index in [-0.39, 0.29) is 41.8 Å². The first kappa shape index (κ1) is 33.7. The van der Waals surface area contributed by atoms with Gasteiger partial charge in [0.15, 0.2) is 0 Å². The van der Waals surface area contributed by atoms with Crippen LogP contribution in [-0.4, -0.2) is 91.8 Å². The van der Waals surface area contributed by atoms with Gasteiger partial charge in [0.2, 0.25) is 0 Å². The van der Waals surface area contributed by atoms with Gasteiger partial charge in [-0.2, -0.15) is 0 Å². The van der Waals surface area contributed by atoms with Gasteiger partial charge in [-0.3, -0.25) is 19.4 Å². The highest BCUT2D eigenvalue weighted by Gasteiger charge is 2.62. The summed E-state index contributed by atoms with van der Waals surface area (Å²) in [4.78, 5) is 40.8. The van der Waals surface area contributed by atoms with Crippen molar-refractivity contribution in [2.24, 2.45) is 23.7 Å². The van der Waals surface area contributed by atoms with Crippen LogP contribution in [0.4, 0.5) is 0 Å². The van der Waals surface area contributed by atoms with Crippen LogP contribution in [0.15, 0.2) is 48.0 Å². The number of esters is 2. The fourth-order valence-corrected chi connectivity index (χ4v) is 12.1. The number of aromatic nitrogens is 2. The summed E-state index contributed by atoms with van der Waals surface area (Å²) in [5.41, 5.74) is 8.48. The van der Waals surface area contributed by atoms with E-state index in [1.807, 2.05) is 0 Å². The minimum absolute atomic E-state index is 0.00122. The van der Waals surface area contributed by atoms with Crippen molar-refractivity contribution in [1.82, 2.24) is 19.8 Å². The summed E-state index contributed by atoms with van der Waals surface area (Å²) < 4.78 is 17.6. The van der Waals surface area contributed by atoms with E-state index in [2.05, 4.69) is 83.1 Å². The molecule has 1 saturated carbocycles. The molecule has 0 spiro atoms. The summed E-state index contributed by atoms with van der Waals surface area (Å²) in [5, 5.41) is 2.32. The number of carbonyl (C=O) groups excluding carboxylic acids is 2. The highest BCUT2D eigenvalue weighted by atomic mass is 16.5. The molecule has 6 bridgehead atoms. The molecular weight excluding hydrogens is 652 g/mol. The van der Waals surface area contributed by atoms with Crippen LogP contribution in [-0.2, 0) is 37.3 Å². The predicted octanol–water partition coefficient (Wildman–Crippen LogP) is 6.49. The molecule has 7 unspecified atom stereocenters. The van der Waals surface area contributed by atoms with E-state index in [1.165, 1.54) is 41.3 Å². The maximum atomic E-state index is 14.2. The number of H-pyrrole nitrogens is 2. The van der Waals surface area contributed by atoms with E-state index in [4.69, 9.17) is 14.2 Å². The fourth-order valence-electron chi connectivity index (χ4n) is 12.1. The predicted molar refractivity (Wildman–Crippen MR) is 202 cm³/mol. The third-order valence-electron chi connectivity index (χ3n) is 14.1. The van der Waals surface area contributed by atoms with Crippen molar-refractivity contribution >= 4 is 33.7 Å². The second-order valence-corrected chi connectivity index (χ2v) is 16.3. The molecule has 9 atom stereocenters. The minimum atomic E-state index is -0.725. The number of carbonyl (C=O) groups is 2. The number of ether oxygens (including phenoxy) is 3. The second kappa shape index (κ2) is 12.5. The lowest BCUT2D eigenvalue weighted by atomic mass is 9.56. The van der Waals surface area contributed by atoms with Crippen molar-refractivity contribution in [2.75, 3.05) is 48.0 Å². The first-order valence-electron chi connectivity index (χ1n) is 19.3. The lowest BCUT2D eigenvalue weighted by Gasteiger charge is -2.57. The average Bonchev–Trinajstić information content (AvgIpc) is 3.69. The molecule has 2 aliphatic carbocycles. The standard InChI is InChI=1S/C43H52N4O5/c1-7-24-15-23-20-43(42(49)52-6)39-27(13-14-47(21-23)40(24)43)29-19-36(50-4)30(17-34(29)45-39)31-16-28-25(8-2)22-46(3)35(37(28)41(48)51-5)18-32-26-11-9-10-12-33(26)44-38(31)32/h8-12,17,19,23-24,28,31,35,37,40,44-45H,7,13-16,18,20-22H2,1-6H3/t23?,24?,28?,31-,35+,37?,40?,43?/m0/s1. The van der Waals surface area contributed by atoms with Crippen LogP contribution in [0.2, 0.25) is 0 Å². The SMILES string of the molecule is CC=C1CN(C)[C@@H]2Cc3c([nH]c4ccccc34)[C@H](c3cc4[nH]c5c(c4cc3OC)CCN3CC4CC(CC)C3C5(C(=O)OC)C4)CC1C2C(=O)OC. The van der Waals surface area contributed by atoms with Gasteiger partial charge in [0.05, 0.1) is 27.2 Å². The summed E-state index contributed by atoms with van der Waals surface area (Å²) >= 11 is 0. The van der Waals surface area contributed by atoms with E-state index in [0.717, 1.165) is 85.2 Å². The monoisotopic (exact) mass is 704 g/mol. The number of nitrogens with zero attached hydrogens (tertiary/aromatic N) is 2. The number of likely N-dealkylation sites (tertiary alicyclic amines) is 1. The largest absolute Gasteiger partial charge is 0.496 e. The highest BCUT2D eigenvalue weighted by molar-refractivity contribution is 5.93. The van der Waals surface area contributed by atoms with Gasteiger partial charge in [0.25, 0.3) is 0 Å². The van der Waals surface area contributed by atoms with Crippen molar-refractivity contribution in [3.05, 3.63) is 76.1 Å². The maximum absolute atomic E-state index is 14.2. The molecule has 4 fully saturated rings. The summed E-state index contributed by atoms with van der Waals surface area (Å²) in [7, 11) is 6.99. The van der Waals surface area contributed by atoms with Crippen LogP contribution in [0.1, 0.15) is 73.5 Å². The molecule has 9 heteroatoms. The van der Waals surface area contributed by atoms with Crippen molar-refractivity contribution < 1.29 is 23.8 Å². The minimum Gasteiger partial charge on any atom is -0.496 e. The molecule has 274 valence electrons. The molecule has 2 aromatic carbocycles. The Labute approximate surface area is 306 Å². The number of piperidine rings is 3. The average molecular weight is 705 g/mol. The van der Waals surface area contributed by atoms with Crippen LogP contribution in [0.5, 0.6) is 5.75 Å². The van der Waals surface area contributed by atoms with Crippen molar-refractivity contribution in [3.8, 4) is 5.75 Å². The summed E-state index contributed by atoms with van der Waals surface area (Å²) in [6.07, 6.45) is 7.59. The lowest BCUT2D eigenvalue weighted by molar-refractivity contribution is -0.162. The van der Waals surface area contributed by atoms with Crippen LogP contribution in [0.25, 0.3) is 21.8 Å². The quantitative estimate of drug-likeness (QED) is 0.181. The van der Waals surface area contributed by atoms with Gasteiger partial charge >= 0.3 is 11.9 Å². The van der Waals surface area contributed by atoms with E-state index in [9.17, 15) is 9.59 Å². The number of para-hydroxylation sites is 1. The van der Waals surface area contributed by atoms with E-state index in [0.29, 0.717) is 11.8 Å². The zero-order valence-electron chi connectivity index (χ0n) is 31.4. The summed E-state index contributed by atoms with van der Waals surface area (Å²) in [5.74, 6) is 1.11. The molecule has 2 N–H and O–H groups in total. The molecule has 4 aromatic rings. The molecule has 0 radical (unpaired) electrons. The molecule has 9 nitrogen and oxygen atoms in total. The Morgan fingerprint density at radius 2 is 1.85 bits per heavy atom. The molecule has 4 aliphatic heterocycles. The zero-order chi connectivity index (χ0) is 36.1. The highest BCUT2D eigenvalue weighted by Crippen LogP contribution is 2.56. The molecule has 10 rings (SSSR count). The molecule has 3 saturated heterocycles. The van der Waals surface area contributed by atoms with E-state index < -0.39 is 5.41 Å². The van der Waals surface area contributed by atoms with E-state index in [1.54, 1.807) is 14.2 Å². The number of hydrogen-bond acceptors (Lipinski definition) is 7. The van der Waals surface area contributed by atoms with E-state index >= 15 is 0 Å². The van der Waals surface area contributed by atoms with Crippen LogP contribution < -0.4 is 4.74 Å². The first-order valence-corrected chi connectivity index (χ1v) is 19.3. The molecule has 6 aliphatic rings. The van der Waals surface area contributed by atoms with Crippen LogP contribution in [0, 0.1) is 23.7 Å². The molecule has 2 aromatic heterocycles. The summed E-state index contributed by atoms with van der Waals surface area (Å²) in [6.45, 7) is 7.17. The van der Waals surface area contributed by atoms with Crippen LogP contribution >= 0.6 is 0 Å². The Kier molecular flexibility index (Phi) is 8.12. The molecular formula is C43H52N4O5. The van der Waals surface area contributed by atoms with Crippen molar-refractivity contribution in [1.29, 1.82) is 0 Å². The number of fused-ring (bicyclic) bond motifs is 9. The molecule has 0 amide bonds. The number of allylic oxidation sites excluding steroid dienone is 1. The second-order valence-electron chi connectivity index (χ2n) is 16.3. The van der Waals surface area contributed by atoms with Crippen molar-refractivity contribution in [3.63, 3.8) is 0 Å². The number of rotatable bonds is 5. The van der Waals surface area contributed by atoms with Gasteiger partial charge < -0.3 is 24.2 Å². The van der Waals surface area contributed by atoms with Gasteiger partial charge in [-0.05, 0) is 93.2 Å². The number of methoxy groups -OCH3 is 3. The Bertz CT molecular complexity index is 2110. The van der Waals surface area contributed by atoms with Gasteiger partial charge in [0.1, 0.15) is 11.2 Å². The van der Waals surface area contributed by atoms with Gasteiger partial charge in [-0.1, -0.05) is 43.2 Å². The smallest absolute Gasteiger partial charge is 0.319 e. The maximum Gasteiger partial charge on any atom is 0.319 e. The molecule has 52 heavy (non-hydrogen) atoms. The zero-order valence-corrected chi connectivity index (χ0v) is 31.4. The Morgan fingerprint density at radius 3 is 2.60 bits per heavy atom. The number of hydrogen-bond donors (Lipinski definition) is 2. The van der Waals surface area contributed by atoms with Crippen LogP contribution in [0.3, 0.4) is 0 Å². The van der Waals surface area contributed by atoms with Gasteiger partial charge in [-0.15, -0.1) is 0 Å².